The van der Waals surface area contributed by atoms with Crippen LogP contribution < -0.4 is 5.32 Å². The molecular formula is C13H27NO. The van der Waals surface area contributed by atoms with Crippen molar-refractivity contribution in [1.82, 2.24) is 5.32 Å². The summed E-state index contributed by atoms with van der Waals surface area (Å²) < 4.78 is 5.68. The molecule has 15 heavy (non-hydrogen) atoms. The van der Waals surface area contributed by atoms with Crippen LogP contribution in [0.1, 0.15) is 47.0 Å². The Morgan fingerprint density at radius 3 is 2.60 bits per heavy atom. The van der Waals surface area contributed by atoms with Crippen molar-refractivity contribution in [2.24, 2.45) is 11.8 Å². The summed E-state index contributed by atoms with van der Waals surface area (Å²) in [6, 6.07) is 0.653. The Bertz CT molecular complexity index is 172. The fourth-order valence-electron chi connectivity index (χ4n) is 2.80. The molecule has 0 bridgehead atoms. The molecule has 90 valence electrons. The zero-order valence-corrected chi connectivity index (χ0v) is 10.8. The average Bonchev–Trinajstić information content (AvgIpc) is 2.61. The molecule has 1 heterocycles. The van der Waals surface area contributed by atoms with Crippen LogP contribution in [0.4, 0.5) is 0 Å². The van der Waals surface area contributed by atoms with Gasteiger partial charge < -0.3 is 10.1 Å². The van der Waals surface area contributed by atoms with Crippen molar-refractivity contribution in [3.63, 3.8) is 0 Å². The van der Waals surface area contributed by atoms with Gasteiger partial charge in [-0.3, -0.25) is 0 Å². The van der Waals surface area contributed by atoms with E-state index in [9.17, 15) is 0 Å². The Labute approximate surface area is 94.8 Å². The van der Waals surface area contributed by atoms with Gasteiger partial charge in [0.2, 0.25) is 0 Å². The fourth-order valence-corrected chi connectivity index (χ4v) is 2.80. The quantitative estimate of drug-likeness (QED) is 0.732. The van der Waals surface area contributed by atoms with Crippen molar-refractivity contribution in [2.75, 3.05) is 13.2 Å². The second-order valence-corrected chi connectivity index (χ2v) is 4.99. The van der Waals surface area contributed by atoms with E-state index in [1.165, 1.54) is 19.3 Å². The summed E-state index contributed by atoms with van der Waals surface area (Å²) in [4.78, 5) is 0. The summed E-state index contributed by atoms with van der Waals surface area (Å²) in [5.74, 6) is 1.50. The maximum atomic E-state index is 5.68. The van der Waals surface area contributed by atoms with Gasteiger partial charge in [-0.1, -0.05) is 27.2 Å². The first-order valence-corrected chi connectivity index (χ1v) is 6.54. The van der Waals surface area contributed by atoms with Gasteiger partial charge in [0.25, 0.3) is 0 Å². The van der Waals surface area contributed by atoms with Crippen LogP contribution in [-0.2, 0) is 4.74 Å². The van der Waals surface area contributed by atoms with E-state index in [0.29, 0.717) is 12.1 Å². The van der Waals surface area contributed by atoms with Gasteiger partial charge in [-0.2, -0.15) is 0 Å². The van der Waals surface area contributed by atoms with Crippen LogP contribution in [0.5, 0.6) is 0 Å². The predicted molar refractivity (Wildman–Crippen MR) is 65.1 cm³/mol. The Kier molecular flexibility index (Phi) is 5.62. The van der Waals surface area contributed by atoms with Gasteiger partial charge in [-0.05, 0) is 32.2 Å². The second kappa shape index (κ2) is 6.49. The van der Waals surface area contributed by atoms with Crippen LogP contribution in [0.25, 0.3) is 0 Å². The number of ether oxygens (including phenoxy) is 1. The van der Waals surface area contributed by atoms with Crippen molar-refractivity contribution in [3.8, 4) is 0 Å². The minimum absolute atomic E-state index is 0.463. The zero-order valence-electron chi connectivity index (χ0n) is 10.8. The molecule has 0 spiro atoms. The van der Waals surface area contributed by atoms with Gasteiger partial charge in [0, 0.05) is 12.0 Å². The molecule has 0 saturated carbocycles. The molecule has 1 rings (SSSR count). The van der Waals surface area contributed by atoms with Crippen molar-refractivity contribution >= 4 is 0 Å². The van der Waals surface area contributed by atoms with Crippen LogP contribution >= 0.6 is 0 Å². The first-order chi connectivity index (χ1) is 7.19. The van der Waals surface area contributed by atoms with Gasteiger partial charge in [0.05, 0.1) is 12.7 Å². The standard InChI is InChI=1S/C13H27NO/c1-5-7-10(3)13(14-6-2)12-8-11(4)15-9-12/h10-14H,5-9H2,1-4H3. The van der Waals surface area contributed by atoms with E-state index < -0.39 is 0 Å². The van der Waals surface area contributed by atoms with Crippen LogP contribution in [0.3, 0.4) is 0 Å². The smallest absolute Gasteiger partial charge is 0.0551 e. The first kappa shape index (κ1) is 13.0. The number of rotatable bonds is 6. The monoisotopic (exact) mass is 213 g/mol. The summed E-state index contributed by atoms with van der Waals surface area (Å²) in [6.45, 7) is 11.1. The molecule has 1 N–H and O–H groups in total. The van der Waals surface area contributed by atoms with Crippen LogP contribution in [0, 0.1) is 11.8 Å². The van der Waals surface area contributed by atoms with Gasteiger partial charge in [-0.15, -0.1) is 0 Å². The summed E-state index contributed by atoms with van der Waals surface area (Å²) in [7, 11) is 0. The van der Waals surface area contributed by atoms with Gasteiger partial charge >= 0.3 is 0 Å². The van der Waals surface area contributed by atoms with E-state index in [0.717, 1.165) is 25.0 Å². The van der Waals surface area contributed by atoms with E-state index >= 15 is 0 Å². The molecule has 1 aliphatic rings. The molecular weight excluding hydrogens is 186 g/mol. The highest BCUT2D eigenvalue weighted by atomic mass is 16.5. The highest BCUT2D eigenvalue weighted by molar-refractivity contribution is 4.85. The molecule has 2 nitrogen and oxygen atoms in total. The van der Waals surface area contributed by atoms with Crippen LogP contribution in [0.2, 0.25) is 0 Å². The molecule has 0 aromatic carbocycles. The molecule has 4 atom stereocenters. The van der Waals surface area contributed by atoms with Crippen LogP contribution in [-0.4, -0.2) is 25.3 Å². The minimum atomic E-state index is 0.463. The second-order valence-electron chi connectivity index (χ2n) is 4.99. The molecule has 0 aromatic rings. The Balaban J connectivity index is 2.48. The van der Waals surface area contributed by atoms with Crippen LogP contribution in [0.15, 0.2) is 0 Å². The topological polar surface area (TPSA) is 21.3 Å². The van der Waals surface area contributed by atoms with Crippen molar-refractivity contribution < 1.29 is 4.74 Å². The summed E-state index contributed by atoms with van der Waals surface area (Å²) in [6.07, 6.45) is 4.30. The van der Waals surface area contributed by atoms with Crippen molar-refractivity contribution in [3.05, 3.63) is 0 Å². The first-order valence-electron chi connectivity index (χ1n) is 6.54. The molecule has 0 aliphatic carbocycles. The largest absolute Gasteiger partial charge is 0.378 e. The Hall–Kier alpha value is -0.0800. The number of nitrogens with one attached hydrogen (secondary N) is 1. The van der Waals surface area contributed by atoms with E-state index in [4.69, 9.17) is 4.74 Å². The third kappa shape index (κ3) is 3.76. The van der Waals surface area contributed by atoms with Crippen molar-refractivity contribution in [1.29, 1.82) is 0 Å². The molecule has 0 radical (unpaired) electrons. The van der Waals surface area contributed by atoms with Gasteiger partial charge in [0.1, 0.15) is 0 Å². The van der Waals surface area contributed by atoms with E-state index in [1.807, 2.05) is 0 Å². The Morgan fingerprint density at radius 2 is 2.13 bits per heavy atom. The minimum Gasteiger partial charge on any atom is -0.378 e. The Morgan fingerprint density at radius 1 is 1.40 bits per heavy atom. The van der Waals surface area contributed by atoms with E-state index in [1.54, 1.807) is 0 Å². The summed E-state index contributed by atoms with van der Waals surface area (Å²) in [5.41, 5.74) is 0. The van der Waals surface area contributed by atoms with E-state index in [-0.39, 0.29) is 0 Å². The molecule has 4 unspecified atom stereocenters. The predicted octanol–water partition coefficient (Wildman–Crippen LogP) is 2.83. The third-order valence-electron chi connectivity index (χ3n) is 3.53. The molecule has 1 aliphatic heterocycles. The SMILES string of the molecule is CCCC(C)C(NCC)C1COC(C)C1. The third-order valence-corrected chi connectivity index (χ3v) is 3.53. The lowest BCUT2D eigenvalue weighted by molar-refractivity contribution is 0.113. The molecule has 0 aromatic heterocycles. The highest BCUT2D eigenvalue weighted by Crippen LogP contribution is 2.27. The normalized spacial score (nSPS) is 30.4. The molecule has 1 fully saturated rings. The lowest BCUT2D eigenvalue weighted by Gasteiger charge is -2.29. The van der Waals surface area contributed by atoms with Gasteiger partial charge in [-0.25, -0.2) is 0 Å². The summed E-state index contributed by atoms with van der Waals surface area (Å²) in [5, 5.41) is 3.65. The number of hydrogen-bond donors (Lipinski definition) is 1. The van der Waals surface area contributed by atoms with Gasteiger partial charge in [0.15, 0.2) is 0 Å². The fraction of sp³-hybridized carbons (Fsp3) is 1.00. The number of hydrogen-bond acceptors (Lipinski definition) is 2. The summed E-state index contributed by atoms with van der Waals surface area (Å²) >= 11 is 0. The molecule has 1 saturated heterocycles. The highest BCUT2D eigenvalue weighted by Gasteiger charge is 2.31. The lowest BCUT2D eigenvalue weighted by atomic mass is 9.85. The maximum Gasteiger partial charge on any atom is 0.0551 e. The zero-order chi connectivity index (χ0) is 11.3. The average molecular weight is 213 g/mol. The van der Waals surface area contributed by atoms with Crippen molar-refractivity contribution in [2.45, 2.75) is 59.1 Å². The maximum absolute atomic E-state index is 5.68. The van der Waals surface area contributed by atoms with E-state index in [2.05, 4.69) is 33.0 Å². The molecule has 0 amide bonds. The lowest BCUT2D eigenvalue weighted by Crippen LogP contribution is -2.41. The molecule has 2 heteroatoms.